The maximum absolute atomic E-state index is 12.0. The Morgan fingerprint density at radius 1 is 0.824 bits per heavy atom. The number of hydrogen-bond acceptors (Lipinski definition) is 2. The molecule has 0 aliphatic carbocycles. The average Bonchev–Trinajstić information content (AvgIpc) is 2.09. The van der Waals surface area contributed by atoms with Gasteiger partial charge in [-0.15, -0.1) is 6.07 Å². The van der Waals surface area contributed by atoms with Gasteiger partial charge in [0.1, 0.15) is 0 Å². The summed E-state index contributed by atoms with van der Waals surface area (Å²) in [6.07, 6.45) is 0. The molecule has 2 N–H and O–H groups in total. The molecule has 0 bridgehead atoms. The zero-order chi connectivity index (χ0) is 13.1. The molecule has 1 rings (SSSR count). The number of benzene rings is 1. The molecule has 0 saturated heterocycles. The van der Waals surface area contributed by atoms with Crippen LogP contribution < -0.4 is 18.9 Å². The van der Waals surface area contributed by atoms with Gasteiger partial charge < -0.3 is 0 Å². The van der Waals surface area contributed by atoms with Crippen molar-refractivity contribution in [3.8, 4) is 0 Å². The van der Waals surface area contributed by atoms with Crippen LogP contribution in [0.2, 0.25) is 0 Å². The fraction of sp³-hybridized carbons (Fsp3) is 0. The molecule has 0 aliphatic rings. The third-order valence-electron chi connectivity index (χ3n) is 0.990. The van der Waals surface area contributed by atoms with Crippen molar-refractivity contribution in [2.24, 2.45) is 0 Å². The number of hydrogen-bond donors (Lipinski definition) is 2. The first kappa shape index (κ1) is 18.7. The second-order valence-corrected chi connectivity index (χ2v) is 3.04. The molecule has 0 spiro atoms. The third-order valence-corrected chi connectivity index (χ3v) is 0.990. The molecular formula is C6H2F5LiO4S. The van der Waals surface area contributed by atoms with Crippen molar-refractivity contribution >= 4 is 10.4 Å². The van der Waals surface area contributed by atoms with Crippen molar-refractivity contribution in [3.05, 3.63) is 35.2 Å². The van der Waals surface area contributed by atoms with E-state index in [1.54, 1.807) is 0 Å². The molecule has 11 heteroatoms. The van der Waals surface area contributed by atoms with E-state index in [4.69, 9.17) is 17.5 Å². The van der Waals surface area contributed by atoms with Gasteiger partial charge >= 0.3 is 29.3 Å². The van der Waals surface area contributed by atoms with Gasteiger partial charge in [0.25, 0.3) is 0 Å². The predicted octanol–water partition coefficient (Wildman–Crippen LogP) is -1.47. The second-order valence-electron chi connectivity index (χ2n) is 2.14. The van der Waals surface area contributed by atoms with Crippen LogP contribution in [0.5, 0.6) is 0 Å². The van der Waals surface area contributed by atoms with Crippen LogP contribution in [0.15, 0.2) is 0 Å². The SMILES string of the molecule is Fc1[c-]c(F)c(F)c(F)c1F.O=S(=O)(O)O.[Li+]. The number of rotatable bonds is 0. The Hall–Kier alpha value is -0.663. The van der Waals surface area contributed by atoms with Gasteiger partial charge in [-0.25, -0.2) is 13.2 Å². The zero-order valence-electron chi connectivity index (χ0n) is 8.01. The van der Waals surface area contributed by atoms with Gasteiger partial charge in [0.15, 0.2) is 0 Å². The topological polar surface area (TPSA) is 74.6 Å². The normalized spacial score (nSPS) is 10.1. The molecule has 0 amide bonds. The standard InChI is InChI=1S/C6F5.Li.H2O4S/c7-2-1-3(8)5(10)6(11)4(2)9;;1-5(2,3)4/h;;(H2,1,2,3,4)/q-1;+1;. The molecule has 92 valence electrons. The van der Waals surface area contributed by atoms with E-state index < -0.39 is 39.5 Å². The minimum Gasteiger partial charge on any atom is -0.278 e. The van der Waals surface area contributed by atoms with Crippen LogP contribution in [-0.2, 0) is 10.4 Å². The molecule has 0 unspecified atom stereocenters. The van der Waals surface area contributed by atoms with Crippen LogP contribution in [0.3, 0.4) is 0 Å². The predicted molar refractivity (Wildman–Crippen MR) is 39.2 cm³/mol. The van der Waals surface area contributed by atoms with Gasteiger partial charge in [0.05, 0.1) is 29.1 Å². The minimum atomic E-state index is -4.67. The average molecular weight is 272 g/mol. The summed E-state index contributed by atoms with van der Waals surface area (Å²) >= 11 is 0. The van der Waals surface area contributed by atoms with Gasteiger partial charge in [0, 0.05) is 0 Å². The molecular weight excluding hydrogens is 270 g/mol. The summed E-state index contributed by atoms with van der Waals surface area (Å²) in [6.45, 7) is 0. The van der Waals surface area contributed by atoms with E-state index >= 15 is 0 Å². The molecule has 0 aromatic heterocycles. The van der Waals surface area contributed by atoms with Crippen LogP contribution in [0, 0.1) is 35.2 Å². The van der Waals surface area contributed by atoms with E-state index in [0.717, 1.165) is 6.07 Å². The molecule has 0 atom stereocenters. The maximum atomic E-state index is 12.0. The van der Waals surface area contributed by atoms with Gasteiger partial charge in [-0.05, 0) is 0 Å². The van der Waals surface area contributed by atoms with Crippen molar-refractivity contribution in [1.82, 2.24) is 0 Å². The summed E-state index contributed by atoms with van der Waals surface area (Å²) < 4.78 is 91.4. The smallest absolute Gasteiger partial charge is 0.278 e. The Morgan fingerprint density at radius 3 is 1.29 bits per heavy atom. The first-order chi connectivity index (χ1) is 7.04. The Labute approximate surface area is 104 Å². The van der Waals surface area contributed by atoms with E-state index in [1.165, 1.54) is 0 Å². The van der Waals surface area contributed by atoms with Gasteiger partial charge in [-0.3, -0.25) is 17.9 Å². The van der Waals surface area contributed by atoms with Crippen molar-refractivity contribution in [1.29, 1.82) is 0 Å². The summed E-state index contributed by atoms with van der Waals surface area (Å²) in [5, 5.41) is 0. The van der Waals surface area contributed by atoms with Crippen LogP contribution in [0.4, 0.5) is 22.0 Å². The summed E-state index contributed by atoms with van der Waals surface area (Å²) in [5.74, 6) is -10.0. The molecule has 1 aromatic rings. The van der Waals surface area contributed by atoms with E-state index in [-0.39, 0.29) is 18.9 Å². The van der Waals surface area contributed by atoms with E-state index in [0.29, 0.717) is 0 Å². The van der Waals surface area contributed by atoms with E-state index in [1.807, 2.05) is 0 Å². The Balaban J connectivity index is 0. The molecule has 0 fully saturated rings. The van der Waals surface area contributed by atoms with Crippen molar-refractivity contribution in [2.45, 2.75) is 0 Å². The first-order valence-electron chi connectivity index (χ1n) is 3.14. The monoisotopic (exact) mass is 272 g/mol. The summed E-state index contributed by atoms with van der Waals surface area (Å²) in [6, 6.07) is 1.02. The van der Waals surface area contributed by atoms with Crippen LogP contribution in [-0.4, -0.2) is 17.5 Å². The van der Waals surface area contributed by atoms with Crippen LogP contribution in [0.25, 0.3) is 0 Å². The van der Waals surface area contributed by atoms with Crippen LogP contribution in [0.1, 0.15) is 0 Å². The molecule has 0 aliphatic heterocycles. The largest absolute Gasteiger partial charge is 1.00 e. The summed E-state index contributed by atoms with van der Waals surface area (Å²) in [7, 11) is -4.67. The van der Waals surface area contributed by atoms with E-state index in [2.05, 4.69) is 0 Å². The Morgan fingerprint density at radius 2 is 1.06 bits per heavy atom. The second kappa shape index (κ2) is 6.92. The summed E-state index contributed by atoms with van der Waals surface area (Å²) in [4.78, 5) is 0. The minimum absolute atomic E-state index is 0. The van der Waals surface area contributed by atoms with E-state index in [9.17, 15) is 22.0 Å². The molecule has 0 saturated carbocycles. The fourth-order valence-electron chi connectivity index (χ4n) is 0.495. The van der Waals surface area contributed by atoms with Crippen molar-refractivity contribution < 1.29 is 58.3 Å². The molecule has 17 heavy (non-hydrogen) atoms. The zero-order valence-corrected chi connectivity index (χ0v) is 8.83. The van der Waals surface area contributed by atoms with Crippen molar-refractivity contribution in [2.75, 3.05) is 0 Å². The van der Waals surface area contributed by atoms with Crippen molar-refractivity contribution in [3.63, 3.8) is 0 Å². The van der Waals surface area contributed by atoms with Gasteiger partial charge in [0.2, 0.25) is 0 Å². The quantitative estimate of drug-likeness (QED) is 0.151. The molecule has 0 radical (unpaired) electrons. The third kappa shape index (κ3) is 7.30. The van der Waals surface area contributed by atoms with Gasteiger partial charge in [-0.2, -0.15) is 8.42 Å². The Kier molecular flexibility index (Phi) is 7.62. The summed E-state index contributed by atoms with van der Waals surface area (Å²) in [5.41, 5.74) is 0. The molecule has 4 nitrogen and oxygen atoms in total. The van der Waals surface area contributed by atoms with Gasteiger partial charge in [-0.1, -0.05) is 0 Å². The number of halogens is 5. The first-order valence-corrected chi connectivity index (χ1v) is 4.54. The van der Waals surface area contributed by atoms with Crippen LogP contribution >= 0.6 is 0 Å². The Bertz CT molecular complexity index is 457. The maximum Gasteiger partial charge on any atom is 1.00 e. The molecule has 1 aromatic carbocycles. The molecule has 0 heterocycles. The fourth-order valence-corrected chi connectivity index (χ4v) is 0.495.